The van der Waals surface area contributed by atoms with Crippen molar-refractivity contribution in [1.82, 2.24) is 10.2 Å². The SMILES string of the molecule is CCCC1CNC(CC)CN1CC1CSc2ccccc21. The van der Waals surface area contributed by atoms with E-state index in [1.807, 2.05) is 11.8 Å². The molecule has 116 valence electrons. The van der Waals surface area contributed by atoms with E-state index in [9.17, 15) is 0 Å². The molecule has 1 fully saturated rings. The summed E-state index contributed by atoms with van der Waals surface area (Å²) in [6.45, 7) is 8.26. The van der Waals surface area contributed by atoms with E-state index in [1.165, 1.54) is 49.5 Å². The van der Waals surface area contributed by atoms with E-state index < -0.39 is 0 Å². The number of hydrogen-bond donors (Lipinski definition) is 1. The first-order chi connectivity index (χ1) is 10.3. The Labute approximate surface area is 133 Å². The normalized spacial score (nSPS) is 29.5. The van der Waals surface area contributed by atoms with Gasteiger partial charge >= 0.3 is 0 Å². The quantitative estimate of drug-likeness (QED) is 0.892. The summed E-state index contributed by atoms with van der Waals surface area (Å²) in [5.41, 5.74) is 1.59. The summed E-state index contributed by atoms with van der Waals surface area (Å²) >= 11 is 2.04. The van der Waals surface area contributed by atoms with Gasteiger partial charge in [-0.3, -0.25) is 4.90 Å². The summed E-state index contributed by atoms with van der Waals surface area (Å²) in [6.07, 6.45) is 3.85. The molecule has 0 amide bonds. The molecule has 2 aliphatic rings. The van der Waals surface area contributed by atoms with Gasteiger partial charge in [0.2, 0.25) is 0 Å². The zero-order valence-electron chi connectivity index (χ0n) is 13.3. The number of nitrogens with one attached hydrogen (secondary N) is 1. The molecule has 1 aromatic rings. The number of thioether (sulfide) groups is 1. The summed E-state index contributed by atoms with van der Waals surface area (Å²) in [6, 6.07) is 10.4. The van der Waals surface area contributed by atoms with Gasteiger partial charge in [-0.15, -0.1) is 11.8 Å². The molecule has 1 N–H and O–H groups in total. The Morgan fingerprint density at radius 2 is 2.14 bits per heavy atom. The van der Waals surface area contributed by atoms with Gasteiger partial charge in [0.05, 0.1) is 0 Å². The molecule has 1 aromatic carbocycles. The fourth-order valence-electron chi connectivity index (χ4n) is 3.71. The van der Waals surface area contributed by atoms with Gasteiger partial charge in [-0.25, -0.2) is 0 Å². The lowest BCUT2D eigenvalue weighted by Gasteiger charge is -2.41. The van der Waals surface area contributed by atoms with Gasteiger partial charge in [0.1, 0.15) is 0 Å². The molecule has 3 rings (SSSR count). The monoisotopic (exact) mass is 304 g/mol. The molecule has 0 aromatic heterocycles. The fraction of sp³-hybridized carbons (Fsp3) is 0.667. The second-order valence-corrected chi connectivity index (χ2v) is 7.52. The van der Waals surface area contributed by atoms with Crippen molar-refractivity contribution in [1.29, 1.82) is 0 Å². The van der Waals surface area contributed by atoms with Crippen LogP contribution in [0.15, 0.2) is 29.2 Å². The third-order valence-electron chi connectivity index (χ3n) is 4.98. The number of rotatable bonds is 5. The molecule has 1 saturated heterocycles. The summed E-state index contributed by atoms with van der Waals surface area (Å²) in [7, 11) is 0. The van der Waals surface area contributed by atoms with E-state index in [4.69, 9.17) is 0 Å². The molecule has 3 unspecified atom stereocenters. The minimum absolute atomic E-state index is 0.683. The molecular formula is C18H28N2S. The van der Waals surface area contributed by atoms with E-state index >= 15 is 0 Å². The van der Waals surface area contributed by atoms with E-state index in [0.29, 0.717) is 6.04 Å². The van der Waals surface area contributed by atoms with Gasteiger partial charge in [-0.2, -0.15) is 0 Å². The average molecular weight is 305 g/mol. The van der Waals surface area contributed by atoms with Crippen LogP contribution in [0, 0.1) is 0 Å². The molecule has 2 heterocycles. The topological polar surface area (TPSA) is 15.3 Å². The van der Waals surface area contributed by atoms with Crippen molar-refractivity contribution < 1.29 is 0 Å². The van der Waals surface area contributed by atoms with E-state index in [2.05, 4.69) is 48.3 Å². The minimum Gasteiger partial charge on any atom is -0.311 e. The highest BCUT2D eigenvalue weighted by molar-refractivity contribution is 7.99. The number of hydrogen-bond acceptors (Lipinski definition) is 3. The van der Waals surface area contributed by atoms with E-state index in [-0.39, 0.29) is 0 Å². The highest BCUT2D eigenvalue weighted by Gasteiger charge is 2.31. The zero-order chi connectivity index (χ0) is 14.7. The summed E-state index contributed by atoms with van der Waals surface area (Å²) in [4.78, 5) is 4.29. The van der Waals surface area contributed by atoms with Crippen LogP contribution < -0.4 is 5.32 Å². The van der Waals surface area contributed by atoms with Crippen molar-refractivity contribution in [2.45, 2.75) is 56.0 Å². The largest absolute Gasteiger partial charge is 0.311 e. The lowest BCUT2D eigenvalue weighted by molar-refractivity contribution is 0.116. The smallest absolute Gasteiger partial charge is 0.0221 e. The van der Waals surface area contributed by atoms with Crippen LogP contribution in [-0.2, 0) is 0 Å². The minimum atomic E-state index is 0.683. The molecule has 0 spiro atoms. The average Bonchev–Trinajstić information content (AvgIpc) is 2.92. The van der Waals surface area contributed by atoms with Crippen LogP contribution in [0.4, 0.5) is 0 Å². The van der Waals surface area contributed by atoms with Crippen LogP contribution in [0.5, 0.6) is 0 Å². The molecule has 3 heteroatoms. The first kappa shape index (κ1) is 15.4. The number of benzene rings is 1. The summed E-state index contributed by atoms with van der Waals surface area (Å²) in [5, 5.41) is 3.73. The van der Waals surface area contributed by atoms with Gasteiger partial charge in [0, 0.05) is 48.3 Å². The first-order valence-corrected chi connectivity index (χ1v) is 9.49. The van der Waals surface area contributed by atoms with Crippen LogP contribution >= 0.6 is 11.8 Å². The molecule has 0 aliphatic carbocycles. The standard InChI is InChI=1S/C18H28N2S/c1-3-7-16-10-19-15(4-2)12-20(16)11-14-13-21-18-9-6-5-8-17(14)18/h5-6,8-9,14-16,19H,3-4,7,10-13H2,1-2H3. The fourth-order valence-corrected chi connectivity index (χ4v) is 4.95. The van der Waals surface area contributed by atoms with Crippen LogP contribution in [0.3, 0.4) is 0 Å². The molecule has 2 aliphatic heterocycles. The predicted octanol–water partition coefficient (Wildman–Crippen LogP) is 3.73. The maximum absolute atomic E-state index is 3.73. The van der Waals surface area contributed by atoms with Crippen LogP contribution in [0.2, 0.25) is 0 Å². The number of nitrogens with zero attached hydrogens (tertiary/aromatic N) is 1. The molecule has 2 nitrogen and oxygen atoms in total. The van der Waals surface area contributed by atoms with Crippen LogP contribution in [-0.4, -0.2) is 42.4 Å². The van der Waals surface area contributed by atoms with Crippen LogP contribution in [0.25, 0.3) is 0 Å². The van der Waals surface area contributed by atoms with Gasteiger partial charge in [-0.1, -0.05) is 38.5 Å². The highest BCUT2D eigenvalue weighted by Crippen LogP contribution is 2.40. The van der Waals surface area contributed by atoms with Crippen molar-refractivity contribution in [3.8, 4) is 0 Å². The molecule has 21 heavy (non-hydrogen) atoms. The van der Waals surface area contributed by atoms with Gasteiger partial charge in [0.15, 0.2) is 0 Å². The zero-order valence-corrected chi connectivity index (χ0v) is 14.2. The Morgan fingerprint density at radius 1 is 1.29 bits per heavy atom. The van der Waals surface area contributed by atoms with Crippen molar-refractivity contribution in [2.24, 2.45) is 0 Å². The second-order valence-electron chi connectivity index (χ2n) is 6.46. The Hall–Kier alpha value is -0.510. The van der Waals surface area contributed by atoms with Crippen molar-refractivity contribution in [3.05, 3.63) is 29.8 Å². The van der Waals surface area contributed by atoms with Crippen molar-refractivity contribution in [3.63, 3.8) is 0 Å². The molecule has 3 atom stereocenters. The van der Waals surface area contributed by atoms with Gasteiger partial charge < -0.3 is 5.32 Å². The Balaban J connectivity index is 1.69. The third kappa shape index (κ3) is 3.46. The predicted molar refractivity (Wildman–Crippen MR) is 92.3 cm³/mol. The number of fused-ring (bicyclic) bond motifs is 1. The first-order valence-electron chi connectivity index (χ1n) is 8.51. The lowest BCUT2D eigenvalue weighted by Crippen LogP contribution is -2.57. The third-order valence-corrected chi connectivity index (χ3v) is 6.23. The summed E-state index contributed by atoms with van der Waals surface area (Å²) in [5.74, 6) is 1.99. The second kappa shape index (κ2) is 7.17. The van der Waals surface area contributed by atoms with Crippen molar-refractivity contribution >= 4 is 11.8 Å². The Morgan fingerprint density at radius 3 is 2.95 bits per heavy atom. The maximum atomic E-state index is 3.73. The summed E-state index contributed by atoms with van der Waals surface area (Å²) < 4.78 is 0. The molecule has 0 radical (unpaired) electrons. The maximum Gasteiger partial charge on any atom is 0.0221 e. The number of piperazine rings is 1. The molecular weight excluding hydrogens is 276 g/mol. The van der Waals surface area contributed by atoms with Crippen LogP contribution in [0.1, 0.15) is 44.6 Å². The Kier molecular flexibility index (Phi) is 5.25. The van der Waals surface area contributed by atoms with Gasteiger partial charge in [-0.05, 0) is 24.5 Å². The van der Waals surface area contributed by atoms with E-state index in [0.717, 1.165) is 12.0 Å². The lowest BCUT2D eigenvalue weighted by atomic mass is 9.97. The molecule has 0 bridgehead atoms. The van der Waals surface area contributed by atoms with Crippen molar-refractivity contribution in [2.75, 3.05) is 25.4 Å². The van der Waals surface area contributed by atoms with Gasteiger partial charge in [0.25, 0.3) is 0 Å². The Bertz CT molecular complexity index is 462. The molecule has 0 saturated carbocycles. The highest BCUT2D eigenvalue weighted by atomic mass is 32.2. The van der Waals surface area contributed by atoms with E-state index in [1.54, 1.807) is 5.56 Å².